The molecule has 0 aliphatic rings. The Kier molecular flexibility index (Phi) is 3.92. The standard InChI is InChI=1S/C15H15NO3/c1-16(10-15(18)19)9-14(17)13-7-6-11-4-2-3-5-12(11)8-13/h2-8H,9-10H2,1H3,(H,18,19). The number of carboxylic acid groups (broad SMARTS) is 1. The van der Waals surface area contributed by atoms with Crippen molar-refractivity contribution < 1.29 is 19.6 Å². The predicted octanol–water partition coefficient (Wildman–Crippen LogP) is -0.713. The van der Waals surface area contributed by atoms with Crippen LogP contribution in [0.3, 0.4) is 0 Å². The van der Waals surface area contributed by atoms with Crippen LogP contribution in [0.25, 0.3) is 10.8 Å². The summed E-state index contributed by atoms with van der Waals surface area (Å²) < 4.78 is 0. The molecule has 4 nitrogen and oxygen atoms in total. The highest BCUT2D eigenvalue weighted by molar-refractivity contribution is 6.00. The first-order valence-corrected chi connectivity index (χ1v) is 6.09. The first-order valence-electron chi connectivity index (χ1n) is 6.09. The Balaban J connectivity index is 2.15. The molecule has 0 saturated carbocycles. The van der Waals surface area contributed by atoms with Crippen LogP contribution in [-0.4, -0.2) is 31.9 Å². The van der Waals surface area contributed by atoms with Crippen LogP contribution in [0.1, 0.15) is 10.4 Å². The predicted molar refractivity (Wildman–Crippen MR) is 69.9 cm³/mol. The van der Waals surface area contributed by atoms with Crippen LogP contribution in [0, 0.1) is 0 Å². The van der Waals surface area contributed by atoms with Gasteiger partial charge in [0.2, 0.25) is 5.78 Å². The van der Waals surface area contributed by atoms with E-state index in [1.807, 2.05) is 36.4 Å². The van der Waals surface area contributed by atoms with E-state index in [0.717, 1.165) is 10.8 Å². The smallest absolute Gasteiger partial charge is 0.216 e. The highest BCUT2D eigenvalue weighted by Gasteiger charge is 2.12. The molecular weight excluding hydrogens is 242 g/mol. The molecule has 1 atom stereocenters. The number of carbonyl (C=O) groups is 2. The molecule has 4 heteroatoms. The van der Waals surface area contributed by atoms with E-state index >= 15 is 0 Å². The van der Waals surface area contributed by atoms with Crippen molar-refractivity contribution in [2.45, 2.75) is 0 Å². The molecule has 0 aliphatic heterocycles. The monoisotopic (exact) mass is 257 g/mol. The number of hydrogen-bond donors (Lipinski definition) is 1. The van der Waals surface area contributed by atoms with Gasteiger partial charge >= 0.3 is 0 Å². The molecule has 1 N–H and O–H groups in total. The zero-order valence-electron chi connectivity index (χ0n) is 10.7. The molecule has 2 aromatic rings. The number of aliphatic carboxylic acids is 1. The van der Waals surface area contributed by atoms with Gasteiger partial charge in [-0.3, -0.25) is 4.79 Å². The lowest BCUT2D eigenvalue weighted by Crippen LogP contribution is -3.11. The molecule has 0 aromatic heterocycles. The van der Waals surface area contributed by atoms with Gasteiger partial charge in [0, 0.05) is 5.56 Å². The summed E-state index contributed by atoms with van der Waals surface area (Å²) in [6.07, 6.45) is 0. The molecule has 0 saturated heterocycles. The lowest BCUT2D eigenvalue weighted by molar-refractivity contribution is -0.864. The van der Waals surface area contributed by atoms with Gasteiger partial charge in [-0.1, -0.05) is 36.4 Å². The molecule has 0 spiro atoms. The minimum Gasteiger partial charge on any atom is -0.544 e. The van der Waals surface area contributed by atoms with E-state index in [1.165, 1.54) is 0 Å². The van der Waals surface area contributed by atoms with E-state index in [-0.39, 0.29) is 18.9 Å². The number of ketones is 1. The van der Waals surface area contributed by atoms with E-state index < -0.39 is 5.97 Å². The number of carboxylic acids is 1. The molecular formula is C15H15NO3. The maximum Gasteiger partial charge on any atom is 0.216 e. The van der Waals surface area contributed by atoms with Crippen LogP contribution in [-0.2, 0) is 4.79 Å². The lowest BCUT2D eigenvalue weighted by Gasteiger charge is -2.13. The molecule has 0 bridgehead atoms. The van der Waals surface area contributed by atoms with Crippen LogP contribution < -0.4 is 10.0 Å². The first kappa shape index (κ1) is 13.2. The molecule has 2 rings (SSSR count). The van der Waals surface area contributed by atoms with Crippen molar-refractivity contribution in [3.63, 3.8) is 0 Å². The van der Waals surface area contributed by atoms with Gasteiger partial charge < -0.3 is 14.8 Å². The summed E-state index contributed by atoms with van der Waals surface area (Å²) in [5.41, 5.74) is 0.608. The zero-order chi connectivity index (χ0) is 13.8. The number of fused-ring (bicyclic) bond motifs is 1. The summed E-state index contributed by atoms with van der Waals surface area (Å²) in [6, 6.07) is 13.3. The Labute approximate surface area is 111 Å². The van der Waals surface area contributed by atoms with Crippen molar-refractivity contribution in [3.8, 4) is 0 Å². The Morgan fingerprint density at radius 3 is 2.42 bits per heavy atom. The van der Waals surface area contributed by atoms with Crippen LogP contribution in [0.5, 0.6) is 0 Å². The Bertz CT molecular complexity index is 622. The fraction of sp³-hybridized carbons (Fsp3) is 0.200. The average molecular weight is 257 g/mol. The second-order valence-electron chi connectivity index (χ2n) is 4.67. The van der Waals surface area contributed by atoms with Gasteiger partial charge in [0.15, 0.2) is 0 Å². The Morgan fingerprint density at radius 1 is 1.05 bits per heavy atom. The summed E-state index contributed by atoms with van der Waals surface area (Å²) in [5, 5.41) is 12.5. The number of quaternary nitrogens is 1. The van der Waals surface area contributed by atoms with E-state index in [2.05, 4.69) is 0 Å². The number of hydrogen-bond acceptors (Lipinski definition) is 3. The third-order valence-electron chi connectivity index (χ3n) is 2.98. The van der Waals surface area contributed by atoms with Crippen LogP contribution in [0.2, 0.25) is 0 Å². The molecule has 0 fully saturated rings. The summed E-state index contributed by atoms with van der Waals surface area (Å²) in [5.74, 6) is -1.21. The van der Waals surface area contributed by atoms with Crippen molar-refractivity contribution in [2.24, 2.45) is 0 Å². The van der Waals surface area contributed by atoms with E-state index in [1.54, 1.807) is 13.1 Å². The number of carbonyl (C=O) groups excluding carboxylic acids is 2. The van der Waals surface area contributed by atoms with E-state index in [4.69, 9.17) is 0 Å². The molecule has 1 unspecified atom stereocenters. The summed E-state index contributed by atoms with van der Waals surface area (Å²) in [4.78, 5) is 23.1. The summed E-state index contributed by atoms with van der Waals surface area (Å²) >= 11 is 0. The van der Waals surface area contributed by atoms with Crippen LogP contribution >= 0.6 is 0 Å². The number of Topliss-reactive ketones (excluding diaryl/α,β-unsaturated/α-hetero) is 1. The Hall–Kier alpha value is -2.20. The number of benzene rings is 2. The third kappa shape index (κ3) is 3.39. The normalized spacial score (nSPS) is 12.3. The van der Waals surface area contributed by atoms with Crippen molar-refractivity contribution in [2.75, 3.05) is 20.1 Å². The molecule has 0 radical (unpaired) electrons. The van der Waals surface area contributed by atoms with E-state index in [0.29, 0.717) is 10.5 Å². The topological polar surface area (TPSA) is 61.6 Å². The summed E-state index contributed by atoms with van der Waals surface area (Å²) in [6.45, 7) is -0.0222. The van der Waals surface area contributed by atoms with Crippen molar-refractivity contribution >= 4 is 22.5 Å². The second-order valence-corrected chi connectivity index (χ2v) is 4.67. The maximum absolute atomic E-state index is 12.0. The van der Waals surface area contributed by atoms with Crippen molar-refractivity contribution in [1.29, 1.82) is 0 Å². The lowest BCUT2D eigenvalue weighted by atomic mass is 10.0. The molecule has 0 aliphatic carbocycles. The van der Waals surface area contributed by atoms with Gasteiger partial charge in [-0.25, -0.2) is 0 Å². The van der Waals surface area contributed by atoms with Gasteiger partial charge in [0.05, 0.1) is 13.0 Å². The van der Waals surface area contributed by atoms with Gasteiger partial charge in [-0.05, 0) is 16.8 Å². The van der Waals surface area contributed by atoms with Crippen LogP contribution in [0.4, 0.5) is 0 Å². The fourth-order valence-electron chi connectivity index (χ4n) is 2.05. The molecule has 0 amide bonds. The maximum atomic E-state index is 12.0. The highest BCUT2D eigenvalue weighted by atomic mass is 16.4. The molecule has 19 heavy (non-hydrogen) atoms. The summed E-state index contributed by atoms with van der Waals surface area (Å²) in [7, 11) is 1.66. The quantitative estimate of drug-likeness (QED) is 0.720. The number of rotatable bonds is 5. The first-order chi connectivity index (χ1) is 9.06. The van der Waals surface area contributed by atoms with Gasteiger partial charge in [0.25, 0.3) is 0 Å². The molecule has 2 aromatic carbocycles. The second kappa shape index (κ2) is 5.63. The number of likely N-dealkylation sites (N-methyl/N-ethyl adjacent to an activating group) is 1. The van der Waals surface area contributed by atoms with E-state index in [9.17, 15) is 14.7 Å². The number of nitrogens with one attached hydrogen (secondary N) is 1. The molecule has 0 heterocycles. The van der Waals surface area contributed by atoms with Crippen molar-refractivity contribution in [1.82, 2.24) is 0 Å². The van der Waals surface area contributed by atoms with Gasteiger partial charge in [-0.2, -0.15) is 0 Å². The Morgan fingerprint density at radius 2 is 1.74 bits per heavy atom. The highest BCUT2D eigenvalue weighted by Crippen LogP contribution is 2.15. The van der Waals surface area contributed by atoms with Crippen molar-refractivity contribution in [3.05, 3.63) is 48.0 Å². The minimum absolute atomic E-state index is 0.0653. The van der Waals surface area contributed by atoms with Crippen LogP contribution in [0.15, 0.2) is 42.5 Å². The zero-order valence-corrected chi connectivity index (χ0v) is 10.7. The largest absolute Gasteiger partial charge is 0.544 e. The van der Waals surface area contributed by atoms with Gasteiger partial charge in [-0.15, -0.1) is 0 Å². The SMILES string of the molecule is C[NH+](CC(=O)[O-])CC(=O)c1ccc2ccccc2c1. The average Bonchev–Trinajstić information content (AvgIpc) is 2.37. The molecule has 98 valence electrons. The third-order valence-corrected chi connectivity index (χ3v) is 2.98. The fourth-order valence-corrected chi connectivity index (χ4v) is 2.05. The minimum atomic E-state index is -1.15. The van der Waals surface area contributed by atoms with Gasteiger partial charge in [0.1, 0.15) is 13.1 Å².